The third-order valence-corrected chi connectivity index (χ3v) is 5.98. The van der Waals surface area contributed by atoms with E-state index in [1.807, 2.05) is 29.2 Å². The zero-order valence-corrected chi connectivity index (χ0v) is 15.2. The van der Waals surface area contributed by atoms with Gasteiger partial charge < -0.3 is 15.5 Å². The lowest BCUT2D eigenvalue weighted by atomic mass is 9.67. The predicted octanol–water partition coefficient (Wildman–Crippen LogP) is 2.95. The van der Waals surface area contributed by atoms with Gasteiger partial charge >= 0.3 is 0 Å². The number of benzene rings is 1. The molecule has 2 atom stereocenters. The Bertz CT molecular complexity index is 666. The van der Waals surface area contributed by atoms with Crippen LogP contribution in [0.2, 0.25) is 0 Å². The molecule has 0 aromatic heterocycles. The molecule has 0 unspecified atom stereocenters. The summed E-state index contributed by atoms with van der Waals surface area (Å²) >= 11 is 0. The van der Waals surface area contributed by atoms with Crippen LogP contribution in [0.5, 0.6) is 0 Å². The number of halogens is 1. The summed E-state index contributed by atoms with van der Waals surface area (Å²) in [5, 5.41) is 6.56. The van der Waals surface area contributed by atoms with Gasteiger partial charge in [-0.05, 0) is 49.9 Å². The molecule has 2 saturated heterocycles. The molecule has 2 amide bonds. The van der Waals surface area contributed by atoms with Crippen molar-refractivity contribution >= 4 is 35.6 Å². The summed E-state index contributed by atoms with van der Waals surface area (Å²) in [5.74, 6) is 0.765. The molecule has 3 fully saturated rings. The summed E-state index contributed by atoms with van der Waals surface area (Å²) in [7, 11) is 0. The number of carbonyl (C=O) groups is 2. The van der Waals surface area contributed by atoms with Crippen molar-refractivity contribution in [3.63, 3.8) is 0 Å². The fourth-order valence-corrected chi connectivity index (χ4v) is 4.62. The molecule has 6 heteroatoms. The molecule has 4 rings (SSSR count). The standard InChI is InChI=1S/C19H25N3O2.ClH/c23-17-8-4-10-22(17)16-7-3-6-15(11-16)21-18(24)19-9-2-1-5-14(19)12-20-13-19;/h3,6-7,11,14,20H,1-2,4-5,8-10,12-13H2,(H,21,24);1H/t14-,19+;/m0./s1. The van der Waals surface area contributed by atoms with E-state index in [0.717, 1.165) is 56.7 Å². The first kappa shape index (κ1) is 18.2. The third kappa shape index (κ3) is 3.27. The van der Waals surface area contributed by atoms with E-state index in [0.29, 0.717) is 12.3 Å². The molecule has 5 nitrogen and oxygen atoms in total. The van der Waals surface area contributed by atoms with Crippen LogP contribution in [0.15, 0.2) is 24.3 Å². The highest BCUT2D eigenvalue weighted by Crippen LogP contribution is 2.44. The minimum Gasteiger partial charge on any atom is -0.325 e. The topological polar surface area (TPSA) is 61.4 Å². The first-order chi connectivity index (χ1) is 11.7. The molecule has 2 heterocycles. The van der Waals surface area contributed by atoms with Gasteiger partial charge in [-0.1, -0.05) is 18.9 Å². The van der Waals surface area contributed by atoms with E-state index in [1.54, 1.807) is 0 Å². The molecule has 1 aromatic carbocycles. The molecule has 25 heavy (non-hydrogen) atoms. The second kappa shape index (κ2) is 7.34. The number of hydrogen-bond acceptors (Lipinski definition) is 3. The van der Waals surface area contributed by atoms with Gasteiger partial charge in [0.2, 0.25) is 11.8 Å². The molecule has 0 radical (unpaired) electrons. The van der Waals surface area contributed by atoms with Crippen molar-refractivity contribution < 1.29 is 9.59 Å². The van der Waals surface area contributed by atoms with E-state index < -0.39 is 0 Å². The van der Waals surface area contributed by atoms with Gasteiger partial charge in [0.15, 0.2) is 0 Å². The summed E-state index contributed by atoms with van der Waals surface area (Å²) in [5.41, 5.74) is 1.43. The Morgan fingerprint density at radius 3 is 2.96 bits per heavy atom. The van der Waals surface area contributed by atoms with Crippen molar-refractivity contribution in [3.05, 3.63) is 24.3 Å². The molecule has 1 aliphatic carbocycles. The Morgan fingerprint density at radius 1 is 1.28 bits per heavy atom. The third-order valence-electron chi connectivity index (χ3n) is 5.98. The molecule has 1 saturated carbocycles. The van der Waals surface area contributed by atoms with Crippen LogP contribution in [0.25, 0.3) is 0 Å². The van der Waals surface area contributed by atoms with Crippen molar-refractivity contribution in [1.29, 1.82) is 0 Å². The molecular weight excluding hydrogens is 338 g/mol. The molecule has 0 bridgehead atoms. The molecular formula is C19H26ClN3O2. The Balaban J connectivity index is 0.00000182. The maximum absolute atomic E-state index is 13.0. The Kier molecular flexibility index (Phi) is 5.35. The van der Waals surface area contributed by atoms with Crippen molar-refractivity contribution in [2.24, 2.45) is 11.3 Å². The van der Waals surface area contributed by atoms with Crippen molar-refractivity contribution in [2.45, 2.75) is 38.5 Å². The maximum Gasteiger partial charge on any atom is 0.232 e. The van der Waals surface area contributed by atoms with E-state index in [4.69, 9.17) is 0 Å². The van der Waals surface area contributed by atoms with Gasteiger partial charge in [0.05, 0.1) is 5.41 Å². The molecule has 3 aliphatic rings. The van der Waals surface area contributed by atoms with Gasteiger partial charge in [-0.2, -0.15) is 0 Å². The first-order valence-electron chi connectivity index (χ1n) is 9.12. The monoisotopic (exact) mass is 363 g/mol. The van der Waals surface area contributed by atoms with E-state index in [-0.39, 0.29) is 29.6 Å². The lowest BCUT2D eigenvalue weighted by molar-refractivity contribution is -0.128. The number of nitrogens with zero attached hydrogens (tertiary/aromatic N) is 1. The van der Waals surface area contributed by atoms with Gasteiger partial charge in [0, 0.05) is 30.9 Å². The second-order valence-corrected chi connectivity index (χ2v) is 7.38. The predicted molar refractivity (Wildman–Crippen MR) is 101 cm³/mol. The average Bonchev–Trinajstić information content (AvgIpc) is 3.21. The highest BCUT2D eigenvalue weighted by Gasteiger charge is 2.49. The molecule has 136 valence electrons. The SMILES string of the molecule is Cl.O=C1CCCN1c1cccc(NC(=O)[C@@]23CCCC[C@H]2CNC3)c1. The number of rotatable bonds is 3. The zero-order valence-electron chi connectivity index (χ0n) is 14.4. The van der Waals surface area contributed by atoms with Crippen molar-refractivity contribution in [2.75, 3.05) is 29.9 Å². The normalized spacial score (nSPS) is 28.4. The number of carbonyl (C=O) groups excluding carboxylic acids is 2. The number of fused-ring (bicyclic) bond motifs is 1. The number of nitrogens with one attached hydrogen (secondary N) is 2. The Labute approximate surface area is 154 Å². The largest absolute Gasteiger partial charge is 0.325 e. The quantitative estimate of drug-likeness (QED) is 0.867. The van der Waals surface area contributed by atoms with Crippen LogP contribution in [0.4, 0.5) is 11.4 Å². The molecule has 1 aromatic rings. The molecule has 2 aliphatic heterocycles. The van der Waals surface area contributed by atoms with Gasteiger partial charge in [-0.25, -0.2) is 0 Å². The summed E-state index contributed by atoms with van der Waals surface area (Å²) < 4.78 is 0. The van der Waals surface area contributed by atoms with Gasteiger partial charge in [-0.15, -0.1) is 12.4 Å². The minimum absolute atomic E-state index is 0. The average molecular weight is 364 g/mol. The number of hydrogen-bond donors (Lipinski definition) is 2. The second-order valence-electron chi connectivity index (χ2n) is 7.38. The first-order valence-corrected chi connectivity index (χ1v) is 9.12. The van der Waals surface area contributed by atoms with Crippen LogP contribution < -0.4 is 15.5 Å². The highest BCUT2D eigenvalue weighted by atomic mass is 35.5. The van der Waals surface area contributed by atoms with Crippen molar-refractivity contribution in [3.8, 4) is 0 Å². The van der Waals surface area contributed by atoms with Crippen LogP contribution in [-0.4, -0.2) is 31.4 Å². The van der Waals surface area contributed by atoms with Crippen LogP contribution in [-0.2, 0) is 9.59 Å². The van der Waals surface area contributed by atoms with Crippen LogP contribution >= 0.6 is 12.4 Å². The van der Waals surface area contributed by atoms with Crippen LogP contribution in [0, 0.1) is 11.3 Å². The summed E-state index contributed by atoms with van der Waals surface area (Å²) in [6, 6.07) is 7.70. The fourth-order valence-electron chi connectivity index (χ4n) is 4.62. The fraction of sp³-hybridized carbons (Fsp3) is 0.579. The lowest BCUT2D eigenvalue weighted by Gasteiger charge is -2.37. The number of anilines is 2. The van der Waals surface area contributed by atoms with Gasteiger partial charge in [-0.3, -0.25) is 9.59 Å². The smallest absolute Gasteiger partial charge is 0.232 e. The van der Waals surface area contributed by atoms with Crippen LogP contribution in [0.3, 0.4) is 0 Å². The summed E-state index contributed by atoms with van der Waals surface area (Å²) in [4.78, 5) is 26.8. The van der Waals surface area contributed by atoms with Crippen LogP contribution in [0.1, 0.15) is 38.5 Å². The van der Waals surface area contributed by atoms with Gasteiger partial charge in [0.1, 0.15) is 0 Å². The Hall–Kier alpha value is -1.59. The molecule has 0 spiro atoms. The maximum atomic E-state index is 13.0. The zero-order chi connectivity index (χ0) is 16.6. The highest BCUT2D eigenvalue weighted by molar-refractivity contribution is 5.98. The van der Waals surface area contributed by atoms with Gasteiger partial charge in [0.25, 0.3) is 0 Å². The molecule has 2 N–H and O–H groups in total. The lowest BCUT2D eigenvalue weighted by Crippen LogP contribution is -2.44. The minimum atomic E-state index is -0.252. The number of amides is 2. The summed E-state index contributed by atoms with van der Waals surface area (Å²) in [6.45, 7) is 2.51. The van der Waals surface area contributed by atoms with Crippen molar-refractivity contribution in [1.82, 2.24) is 5.32 Å². The van der Waals surface area contributed by atoms with E-state index >= 15 is 0 Å². The summed E-state index contributed by atoms with van der Waals surface area (Å²) in [6.07, 6.45) is 6.00. The van der Waals surface area contributed by atoms with E-state index in [9.17, 15) is 9.59 Å². The van der Waals surface area contributed by atoms with E-state index in [2.05, 4.69) is 10.6 Å². The Morgan fingerprint density at radius 2 is 2.16 bits per heavy atom. The van der Waals surface area contributed by atoms with E-state index in [1.165, 1.54) is 6.42 Å².